The molecule has 0 bridgehead atoms. The van der Waals surface area contributed by atoms with Gasteiger partial charge in [0.15, 0.2) is 0 Å². The average molecular weight is 241 g/mol. The largest absolute Gasteiger partial charge is 0.481 e. The molecule has 0 aromatic rings. The van der Waals surface area contributed by atoms with Crippen molar-refractivity contribution in [3.63, 3.8) is 0 Å². The molecule has 1 aliphatic rings. The zero-order valence-corrected chi connectivity index (χ0v) is 11.2. The summed E-state index contributed by atoms with van der Waals surface area (Å²) in [5, 5.41) is 9.09. The minimum Gasteiger partial charge on any atom is -0.481 e. The van der Waals surface area contributed by atoms with Crippen molar-refractivity contribution in [1.82, 2.24) is 0 Å². The van der Waals surface area contributed by atoms with Crippen LogP contribution in [0.25, 0.3) is 0 Å². The fourth-order valence-corrected chi connectivity index (χ4v) is 3.29. The van der Waals surface area contributed by atoms with Crippen LogP contribution in [0.3, 0.4) is 0 Å². The van der Waals surface area contributed by atoms with Crippen LogP contribution in [0.2, 0.25) is 0 Å². The lowest BCUT2D eigenvalue weighted by molar-refractivity contribution is -0.140. The summed E-state index contributed by atoms with van der Waals surface area (Å²) in [6.07, 6.45) is 8.27. The Morgan fingerprint density at radius 2 is 2.18 bits per heavy atom. The number of hydrogen-bond acceptors (Lipinski definition) is 2. The topological polar surface area (TPSA) is 63.3 Å². The van der Waals surface area contributed by atoms with E-state index in [1.807, 2.05) is 6.92 Å². The summed E-state index contributed by atoms with van der Waals surface area (Å²) < 4.78 is 0. The van der Waals surface area contributed by atoms with Crippen LogP contribution in [0.5, 0.6) is 0 Å². The molecule has 0 aliphatic heterocycles. The van der Waals surface area contributed by atoms with E-state index in [0.717, 1.165) is 31.6 Å². The minimum absolute atomic E-state index is 0.0148. The predicted octanol–water partition coefficient (Wildman–Crippen LogP) is 3.18. The van der Waals surface area contributed by atoms with Crippen molar-refractivity contribution in [2.75, 3.05) is 0 Å². The molecule has 1 fully saturated rings. The van der Waals surface area contributed by atoms with Crippen molar-refractivity contribution in [3.8, 4) is 0 Å². The highest BCUT2D eigenvalue weighted by Gasteiger charge is 2.38. The van der Waals surface area contributed by atoms with Gasteiger partial charge in [-0.2, -0.15) is 0 Å². The summed E-state index contributed by atoms with van der Waals surface area (Å²) in [5.41, 5.74) is 5.92. The molecule has 1 saturated carbocycles. The summed E-state index contributed by atoms with van der Waals surface area (Å²) in [7, 11) is 0. The fourth-order valence-electron chi connectivity index (χ4n) is 3.29. The zero-order valence-electron chi connectivity index (χ0n) is 11.2. The molecule has 3 atom stereocenters. The van der Waals surface area contributed by atoms with Crippen LogP contribution >= 0.6 is 0 Å². The highest BCUT2D eigenvalue weighted by atomic mass is 16.4. The molecule has 0 aromatic heterocycles. The number of hydrogen-bond donors (Lipinski definition) is 2. The van der Waals surface area contributed by atoms with Crippen molar-refractivity contribution in [3.05, 3.63) is 0 Å². The number of carbonyl (C=O) groups is 1. The normalized spacial score (nSPS) is 31.8. The first-order valence-electron chi connectivity index (χ1n) is 6.97. The summed E-state index contributed by atoms with van der Waals surface area (Å²) in [6.45, 7) is 4.20. The van der Waals surface area contributed by atoms with Gasteiger partial charge >= 0.3 is 5.97 Å². The second-order valence-corrected chi connectivity index (χ2v) is 5.81. The molecule has 0 radical (unpaired) electrons. The molecule has 3 nitrogen and oxygen atoms in total. The first kappa shape index (κ1) is 14.5. The van der Waals surface area contributed by atoms with Crippen LogP contribution in [-0.2, 0) is 4.79 Å². The monoisotopic (exact) mass is 241 g/mol. The first-order chi connectivity index (χ1) is 8.00. The second-order valence-electron chi connectivity index (χ2n) is 5.81. The molecule has 17 heavy (non-hydrogen) atoms. The third kappa shape index (κ3) is 3.98. The molecule has 3 N–H and O–H groups in total. The maximum Gasteiger partial charge on any atom is 0.303 e. The van der Waals surface area contributed by atoms with Crippen molar-refractivity contribution in [2.45, 2.75) is 71.3 Å². The van der Waals surface area contributed by atoms with Crippen LogP contribution in [0.1, 0.15) is 65.2 Å². The van der Waals surface area contributed by atoms with Gasteiger partial charge in [0, 0.05) is 6.04 Å². The van der Waals surface area contributed by atoms with Gasteiger partial charge in [-0.3, -0.25) is 4.79 Å². The molecular formula is C14H27NO2. The summed E-state index contributed by atoms with van der Waals surface area (Å²) in [6, 6.07) is -0.0148. The molecular weight excluding hydrogens is 214 g/mol. The summed E-state index contributed by atoms with van der Waals surface area (Å²) in [5.74, 6) is 0.0886. The van der Waals surface area contributed by atoms with Gasteiger partial charge < -0.3 is 10.8 Å². The Bertz CT molecular complexity index is 253. The minimum atomic E-state index is -0.698. The number of carboxylic acid groups (broad SMARTS) is 1. The highest BCUT2D eigenvalue weighted by molar-refractivity contribution is 5.67. The molecule has 0 saturated heterocycles. The maximum absolute atomic E-state index is 11.0. The lowest BCUT2D eigenvalue weighted by Gasteiger charge is -2.35. The molecule has 100 valence electrons. The lowest BCUT2D eigenvalue weighted by Crippen LogP contribution is -2.41. The Morgan fingerprint density at radius 1 is 1.47 bits per heavy atom. The van der Waals surface area contributed by atoms with E-state index in [-0.39, 0.29) is 17.9 Å². The molecule has 1 rings (SSSR count). The smallest absolute Gasteiger partial charge is 0.303 e. The predicted molar refractivity (Wildman–Crippen MR) is 69.8 cm³/mol. The molecule has 1 aliphatic carbocycles. The van der Waals surface area contributed by atoms with E-state index in [1.54, 1.807) is 0 Å². The fraction of sp³-hybridized carbons (Fsp3) is 0.929. The van der Waals surface area contributed by atoms with Crippen LogP contribution in [-0.4, -0.2) is 17.1 Å². The average Bonchev–Trinajstić information content (AvgIpc) is 2.42. The van der Waals surface area contributed by atoms with Gasteiger partial charge in [-0.25, -0.2) is 0 Å². The molecule has 3 unspecified atom stereocenters. The van der Waals surface area contributed by atoms with E-state index in [4.69, 9.17) is 10.8 Å². The van der Waals surface area contributed by atoms with E-state index in [1.165, 1.54) is 19.3 Å². The second kappa shape index (κ2) is 6.39. The van der Waals surface area contributed by atoms with E-state index in [0.29, 0.717) is 0 Å². The van der Waals surface area contributed by atoms with Crippen molar-refractivity contribution in [2.24, 2.45) is 17.1 Å². The van der Waals surface area contributed by atoms with Gasteiger partial charge in [0.2, 0.25) is 0 Å². The number of carboxylic acids is 1. The standard InChI is InChI=1S/C14H27NO2/c1-3-5-12-6-4-8-14(9-7-12,11(2)15)10-13(16)17/h11-12H,3-10,15H2,1-2H3,(H,16,17). The van der Waals surface area contributed by atoms with Crippen LogP contribution in [0, 0.1) is 11.3 Å². The Morgan fingerprint density at radius 3 is 2.71 bits per heavy atom. The van der Waals surface area contributed by atoms with Crippen LogP contribution < -0.4 is 5.73 Å². The van der Waals surface area contributed by atoms with Crippen LogP contribution in [0.15, 0.2) is 0 Å². The number of aliphatic carboxylic acids is 1. The van der Waals surface area contributed by atoms with E-state index in [2.05, 4.69) is 6.92 Å². The van der Waals surface area contributed by atoms with Crippen molar-refractivity contribution >= 4 is 5.97 Å². The third-order valence-electron chi connectivity index (χ3n) is 4.50. The zero-order chi connectivity index (χ0) is 12.9. The molecule has 0 spiro atoms. The Labute approximate surface area is 105 Å². The Balaban J connectivity index is 2.68. The number of rotatable bonds is 5. The highest BCUT2D eigenvalue weighted by Crippen LogP contribution is 2.42. The van der Waals surface area contributed by atoms with E-state index >= 15 is 0 Å². The van der Waals surface area contributed by atoms with Gasteiger partial charge in [0.05, 0.1) is 6.42 Å². The van der Waals surface area contributed by atoms with Gasteiger partial charge in [0.1, 0.15) is 0 Å². The van der Waals surface area contributed by atoms with E-state index < -0.39 is 5.97 Å². The van der Waals surface area contributed by atoms with Gasteiger partial charge in [-0.05, 0) is 37.5 Å². The van der Waals surface area contributed by atoms with Crippen LogP contribution in [0.4, 0.5) is 0 Å². The summed E-state index contributed by atoms with van der Waals surface area (Å²) in [4.78, 5) is 11.0. The Hall–Kier alpha value is -0.570. The van der Waals surface area contributed by atoms with E-state index in [9.17, 15) is 4.79 Å². The van der Waals surface area contributed by atoms with Gasteiger partial charge in [-0.1, -0.05) is 32.6 Å². The van der Waals surface area contributed by atoms with Crippen molar-refractivity contribution in [1.29, 1.82) is 0 Å². The molecule has 0 amide bonds. The SMILES string of the molecule is CCCC1CCCC(CC(=O)O)(C(C)N)CC1. The Kier molecular flexibility index (Phi) is 5.44. The van der Waals surface area contributed by atoms with Gasteiger partial charge in [-0.15, -0.1) is 0 Å². The molecule has 0 heterocycles. The first-order valence-corrected chi connectivity index (χ1v) is 6.97. The molecule has 3 heteroatoms. The summed E-state index contributed by atoms with van der Waals surface area (Å²) >= 11 is 0. The maximum atomic E-state index is 11.0. The lowest BCUT2D eigenvalue weighted by atomic mass is 9.72. The number of nitrogens with two attached hydrogens (primary N) is 1. The van der Waals surface area contributed by atoms with Gasteiger partial charge in [0.25, 0.3) is 0 Å². The van der Waals surface area contributed by atoms with Crippen molar-refractivity contribution < 1.29 is 9.90 Å². The molecule has 0 aromatic carbocycles. The third-order valence-corrected chi connectivity index (χ3v) is 4.50. The quantitative estimate of drug-likeness (QED) is 0.727.